The van der Waals surface area contributed by atoms with Crippen LogP contribution in [-0.4, -0.2) is 38.5 Å². The maximum atomic E-state index is 12.9. The van der Waals surface area contributed by atoms with E-state index in [0.29, 0.717) is 41.2 Å². The molecule has 0 saturated heterocycles. The SMILES string of the molecule is Cc1cc(-c2nc(-c3ccc4c(c3)CN(C3CC(C(=O)O)C3)C4)no2)ccc1-c1ccccc1OC(F)(F)F. The number of hydrogen-bond acceptors (Lipinski definition) is 6. The summed E-state index contributed by atoms with van der Waals surface area (Å²) in [5, 5.41) is 13.3. The number of nitrogens with zero attached hydrogens (tertiary/aromatic N) is 3. The van der Waals surface area contributed by atoms with Gasteiger partial charge in [0.1, 0.15) is 5.75 Å². The summed E-state index contributed by atoms with van der Waals surface area (Å²) < 4.78 is 48.4. The van der Waals surface area contributed by atoms with Crippen molar-refractivity contribution in [1.29, 1.82) is 0 Å². The number of aryl methyl sites for hydroxylation is 1. The summed E-state index contributed by atoms with van der Waals surface area (Å²) >= 11 is 0. The summed E-state index contributed by atoms with van der Waals surface area (Å²) in [5.74, 6) is -0.492. The number of benzene rings is 3. The monoisotopic (exact) mass is 535 g/mol. The molecule has 1 aliphatic carbocycles. The fourth-order valence-electron chi connectivity index (χ4n) is 5.37. The van der Waals surface area contributed by atoms with Gasteiger partial charge in [-0.1, -0.05) is 41.6 Å². The lowest BCUT2D eigenvalue weighted by Crippen LogP contribution is -2.44. The normalized spacial score (nSPS) is 19.0. The van der Waals surface area contributed by atoms with Gasteiger partial charge in [-0.3, -0.25) is 9.69 Å². The number of ether oxygens (including phenoxy) is 1. The Labute approximate surface area is 221 Å². The first-order chi connectivity index (χ1) is 18.6. The first-order valence-corrected chi connectivity index (χ1v) is 12.5. The van der Waals surface area contributed by atoms with Crippen molar-refractivity contribution in [3.8, 4) is 39.7 Å². The number of hydrogen-bond donors (Lipinski definition) is 1. The average molecular weight is 536 g/mol. The number of carboxylic acid groups (broad SMARTS) is 1. The van der Waals surface area contributed by atoms with Gasteiger partial charge in [-0.25, -0.2) is 0 Å². The minimum atomic E-state index is -4.79. The number of carbonyl (C=O) groups is 1. The molecule has 200 valence electrons. The number of halogens is 3. The molecule has 7 nitrogen and oxygen atoms in total. The predicted molar refractivity (Wildman–Crippen MR) is 135 cm³/mol. The molecule has 4 aromatic rings. The summed E-state index contributed by atoms with van der Waals surface area (Å²) in [6, 6.07) is 17.6. The Balaban J connectivity index is 1.20. The van der Waals surface area contributed by atoms with E-state index in [4.69, 9.17) is 9.63 Å². The zero-order valence-corrected chi connectivity index (χ0v) is 20.9. The number of rotatable bonds is 6. The van der Waals surface area contributed by atoms with E-state index in [-0.39, 0.29) is 17.7 Å². The standard InChI is InChI=1S/C29H24F3N3O4/c1-16-10-18(8-9-23(16)24-4-2-3-5-25(24)38-29(30,31)32)27-33-26(34-39-27)17-6-7-19-14-35(15-21(19)11-17)22-12-20(13-22)28(36)37/h2-11,20,22H,12-15H2,1H3,(H,36,37). The van der Waals surface area contributed by atoms with Gasteiger partial charge >= 0.3 is 12.3 Å². The second-order valence-corrected chi connectivity index (χ2v) is 10.0. The molecule has 1 aromatic heterocycles. The maximum absolute atomic E-state index is 12.9. The van der Waals surface area contributed by atoms with Crippen molar-refractivity contribution >= 4 is 5.97 Å². The summed E-state index contributed by atoms with van der Waals surface area (Å²) in [5.41, 5.74) is 5.49. The first kappa shape index (κ1) is 25.1. The highest BCUT2D eigenvalue weighted by Crippen LogP contribution is 2.39. The van der Waals surface area contributed by atoms with E-state index in [2.05, 4.69) is 19.8 Å². The maximum Gasteiger partial charge on any atom is 0.573 e. The Hall–Kier alpha value is -4.18. The third-order valence-corrected chi connectivity index (χ3v) is 7.49. The smallest absolute Gasteiger partial charge is 0.481 e. The molecule has 0 unspecified atom stereocenters. The van der Waals surface area contributed by atoms with Crippen molar-refractivity contribution in [3.05, 3.63) is 77.4 Å². The minimum absolute atomic E-state index is 0.243. The number of fused-ring (bicyclic) bond motifs is 1. The molecular weight excluding hydrogens is 511 g/mol. The molecule has 2 heterocycles. The van der Waals surface area contributed by atoms with Gasteiger partial charge in [-0.2, -0.15) is 4.98 Å². The van der Waals surface area contributed by atoms with Crippen LogP contribution in [0, 0.1) is 12.8 Å². The van der Waals surface area contributed by atoms with Gasteiger partial charge in [0.25, 0.3) is 5.89 Å². The number of aromatic nitrogens is 2. The van der Waals surface area contributed by atoms with Gasteiger partial charge in [0, 0.05) is 35.8 Å². The molecule has 0 amide bonds. The molecular formula is C29H24F3N3O4. The van der Waals surface area contributed by atoms with Crippen molar-refractivity contribution in [3.63, 3.8) is 0 Å². The van der Waals surface area contributed by atoms with Crippen LogP contribution in [0.1, 0.15) is 29.5 Å². The zero-order chi connectivity index (χ0) is 27.3. The van der Waals surface area contributed by atoms with Crippen LogP contribution < -0.4 is 4.74 Å². The van der Waals surface area contributed by atoms with Crippen LogP contribution in [0.5, 0.6) is 5.75 Å². The van der Waals surface area contributed by atoms with Crippen molar-refractivity contribution in [2.45, 2.75) is 45.3 Å². The van der Waals surface area contributed by atoms with Gasteiger partial charge in [0.15, 0.2) is 0 Å². The van der Waals surface area contributed by atoms with Crippen LogP contribution >= 0.6 is 0 Å². The second-order valence-electron chi connectivity index (χ2n) is 10.0. The number of para-hydroxylation sites is 1. The summed E-state index contributed by atoms with van der Waals surface area (Å²) in [7, 11) is 0. The molecule has 2 aliphatic rings. The Morgan fingerprint density at radius 1 is 1.00 bits per heavy atom. The minimum Gasteiger partial charge on any atom is -0.481 e. The van der Waals surface area contributed by atoms with E-state index in [0.717, 1.165) is 29.8 Å². The largest absolute Gasteiger partial charge is 0.573 e. The predicted octanol–water partition coefficient (Wildman–Crippen LogP) is 6.46. The van der Waals surface area contributed by atoms with E-state index < -0.39 is 12.3 Å². The molecule has 1 N–H and O–H groups in total. The molecule has 1 saturated carbocycles. The molecule has 0 radical (unpaired) electrons. The van der Waals surface area contributed by atoms with Crippen molar-refractivity contribution in [2.24, 2.45) is 5.92 Å². The lowest BCUT2D eigenvalue weighted by Gasteiger charge is -2.39. The van der Waals surface area contributed by atoms with E-state index in [9.17, 15) is 18.0 Å². The Kier molecular flexibility index (Phi) is 6.14. The molecule has 3 aromatic carbocycles. The van der Waals surface area contributed by atoms with Crippen molar-refractivity contribution in [2.75, 3.05) is 0 Å². The molecule has 10 heteroatoms. The quantitative estimate of drug-likeness (QED) is 0.303. The average Bonchev–Trinajstić information content (AvgIpc) is 3.49. The molecule has 1 fully saturated rings. The van der Waals surface area contributed by atoms with Gasteiger partial charge in [-0.05, 0) is 66.3 Å². The fraction of sp³-hybridized carbons (Fsp3) is 0.276. The first-order valence-electron chi connectivity index (χ1n) is 12.5. The Bertz CT molecular complexity index is 1560. The molecule has 0 bridgehead atoms. The van der Waals surface area contributed by atoms with Gasteiger partial charge < -0.3 is 14.4 Å². The third-order valence-electron chi connectivity index (χ3n) is 7.49. The van der Waals surface area contributed by atoms with Gasteiger partial charge in [0.2, 0.25) is 5.82 Å². The summed E-state index contributed by atoms with van der Waals surface area (Å²) in [4.78, 5) is 18.0. The lowest BCUT2D eigenvalue weighted by molar-refractivity contribution is -0.274. The van der Waals surface area contributed by atoms with Crippen LogP contribution in [0.4, 0.5) is 13.2 Å². The molecule has 6 rings (SSSR count). The van der Waals surface area contributed by atoms with E-state index in [1.807, 2.05) is 18.2 Å². The Morgan fingerprint density at radius 2 is 1.74 bits per heavy atom. The molecule has 0 atom stereocenters. The fourth-order valence-corrected chi connectivity index (χ4v) is 5.37. The van der Waals surface area contributed by atoms with Crippen molar-refractivity contribution in [1.82, 2.24) is 15.0 Å². The third kappa shape index (κ3) is 4.99. The highest BCUT2D eigenvalue weighted by atomic mass is 19.4. The van der Waals surface area contributed by atoms with Crippen molar-refractivity contribution < 1.29 is 32.3 Å². The van der Waals surface area contributed by atoms with Crippen LogP contribution in [0.2, 0.25) is 0 Å². The molecule has 1 aliphatic heterocycles. The number of alkyl halides is 3. The van der Waals surface area contributed by atoms with Crippen LogP contribution in [0.15, 0.2) is 65.2 Å². The molecule has 0 spiro atoms. The summed E-state index contributed by atoms with van der Waals surface area (Å²) in [6.45, 7) is 3.35. The summed E-state index contributed by atoms with van der Waals surface area (Å²) in [6.07, 6.45) is -3.42. The van der Waals surface area contributed by atoms with E-state index >= 15 is 0 Å². The van der Waals surface area contributed by atoms with Crippen LogP contribution in [0.3, 0.4) is 0 Å². The number of aliphatic carboxylic acids is 1. The molecule has 39 heavy (non-hydrogen) atoms. The van der Waals surface area contributed by atoms with Gasteiger partial charge in [-0.15, -0.1) is 13.2 Å². The van der Waals surface area contributed by atoms with Crippen LogP contribution in [-0.2, 0) is 17.9 Å². The number of carboxylic acids is 1. The van der Waals surface area contributed by atoms with E-state index in [1.165, 1.54) is 17.7 Å². The zero-order valence-electron chi connectivity index (χ0n) is 20.9. The second kappa shape index (κ2) is 9.53. The van der Waals surface area contributed by atoms with Gasteiger partial charge in [0.05, 0.1) is 5.92 Å². The Morgan fingerprint density at radius 3 is 2.49 bits per heavy atom. The lowest BCUT2D eigenvalue weighted by atomic mass is 9.79. The topological polar surface area (TPSA) is 88.7 Å². The highest BCUT2D eigenvalue weighted by Gasteiger charge is 2.39. The van der Waals surface area contributed by atoms with Crippen LogP contribution in [0.25, 0.3) is 34.0 Å². The highest BCUT2D eigenvalue weighted by molar-refractivity contribution is 5.76. The van der Waals surface area contributed by atoms with E-state index in [1.54, 1.807) is 37.3 Å².